The lowest BCUT2D eigenvalue weighted by Gasteiger charge is -2.13. The Morgan fingerprint density at radius 1 is 0.913 bits per heavy atom. The Morgan fingerprint density at radius 2 is 1.74 bits per heavy atom. The standard InChI is InChI=1S/C20H17N3/c1-12-7-10-17-16(11-12)14-8-9-15-18(13-5-3-2-4-6-13)22-23-20(15)19(14)21-17/h2-7,10-11,21H,8-9H2,1H3,(H,22,23). The zero-order chi connectivity index (χ0) is 15.4. The molecule has 1 aliphatic carbocycles. The quantitative estimate of drug-likeness (QED) is 0.528. The van der Waals surface area contributed by atoms with Gasteiger partial charge in [0.05, 0.1) is 17.1 Å². The molecule has 2 heterocycles. The molecule has 0 saturated carbocycles. The fourth-order valence-electron chi connectivity index (χ4n) is 3.73. The predicted octanol–water partition coefficient (Wildman–Crippen LogP) is 4.63. The van der Waals surface area contributed by atoms with Crippen LogP contribution in [0.4, 0.5) is 0 Å². The van der Waals surface area contributed by atoms with Crippen LogP contribution < -0.4 is 0 Å². The van der Waals surface area contributed by atoms with Crippen molar-refractivity contribution in [2.75, 3.05) is 0 Å². The number of benzene rings is 2. The Balaban J connectivity index is 1.74. The maximum Gasteiger partial charge on any atom is 0.0959 e. The third-order valence-electron chi connectivity index (χ3n) is 4.85. The summed E-state index contributed by atoms with van der Waals surface area (Å²) in [5, 5.41) is 9.23. The summed E-state index contributed by atoms with van der Waals surface area (Å²) >= 11 is 0. The molecule has 0 unspecified atom stereocenters. The zero-order valence-electron chi connectivity index (χ0n) is 13.0. The number of nitrogens with one attached hydrogen (secondary N) is 2. The zero-order valence-corrected chi connectivity index (χ0v) is 13.0. The van der Waals surface area contributed by atoms with Crippen molar-refractivity contribution in [1.82, 2.24) is 15.2 Å². The van der Waals surface area contributed by atoms with Gasteiger partial charge in [0, 0.05) is 22.0 Å². The van der Waals surface area contributed by atoms with Crippen LogP contribution in [0.25, 0.3) is 33.5 Å². The smallest absolute Gasteiger partial charge is 0.0959 e. The molecule has 0 bridgehead atoms. The molecule has 0 atom stereocenters. The Labute approximate surface area is 134 Å². The maximum atomic E-state index is 4.61. The highest BCUT2D eigenvalue weighted by atomic mass is 15.1. The van der Waals surface area contributed by atoms with Crippen LogP contribution in [-0.2, 0) is 12.8 Å². The van der Waals surface area contributed by atoms with Crippen LogP contribution in [0.1, 0.15) is 16.7 Å². The summed E-state index contributed by atoms with van der Waals surface area (Å²) < 4.78 is 0. The van der Waals surface area contributed by atoms with Gasteiger partial charge >= 0.3 is 0 Å². The second-order valence-corrected chi connectivity index (χ2v) is 6.32. The van der Waals surface area contributed by atoms with Crippen molar-refractivity contribution in [3.63, 3.8) is 0 Å². The van der Waals surface area contributed by atoms with E-state index < -0.39 is 0 Å². The van der Waals surface area contributed by atoms with Gasteiger partial charge in [-0.3, -0.25) is 5.10 Å². The first kappa shape index (κ1) is 12.7. The van der Waals surface area contributed by atoms with Crippen molar-refractivity contribution in [3.8, 4) is 22.6 Å². The van der Waals surface area contributed by atoms with E-state index in [9.17, 15) is 0 Å². The molecule has 0 amide bonds. The minimum Gasteiger partial charge on any atom is -0.353 e. The van der Waals surface area contributed by atoms with E-state index in [0.29, 0.717) is 0 Å². The molecule has 2 N–H and O–H groups in total. The minimum atomic E-state index is 1.03. The minimum absolute atomic E-state index is 1.03. The molecule has 112 valence electrons. The first-order valence-electron chi connectivity index (χ1n) is 8.05. The number of nitrogens with zero attached hydrogens (tertiary/aromatic N) is 1. The van der Waals surface area contributed by atoms with E-state index in [0.717, 1.165) is 24.2 Å². The van der Waals surface area contributed by atoms with E-state index in [1.807, 2.05) is 6.07 Å². The van der Waals surface area contributed by atoms with Gasteiger partial charge in [-0.15, -0.1) is 0 Å². The van der Waals surface area contributed by atoms with E-state index in [4.69, 9.17) is 0 Å². The van der Waals surface area contributed by atoms with Gasteiger partial charge in [0.2, 0.25) is 0 Å². The van der Waals surface area contributed by atoms with Crippen molar-refractivity contribution in [1.29, 1.82) is 0 Å². The van der Waals surface area contributed by atoms with Gasteiger partial charge in [0.25, 0.3) is 0 Å². The van der Waals surface area contributed by atoms with Gasteiger partial charge in [-0.05, 0) is 37.5 Å². The van der Waals surface area contributed by atoms with E-state index >= 15 is 0 Å². The average molecular weight is 299 g/mol. The highest BCUT2D eigenvalue weighted by molar-refractivity contribution is 5.93. The largest absolute Gasteiger partial charge is 0.353 e. The topological polar surface area (TPSA) is 44.5 Å². The van der Waals surface area contributed by atoms with Crippen LogP contribution in [0.15, 0.2) is 48.5 Å². The molecule has 0 saturated heterocycles. The fraction of sp³-hybridized carbons (Fsp3) is 0.150. The summed E-state index contributed by atoms with van der Waals surface area (Å²) in [4.78, 5) is 3.59. The van der Waals surface area contributed by atoms with Gasteiger partial charge < -0.3 is 4.98 Å². The molecule has 0 radical (unpaired) electrons. The molecule has 5 rings (SSSR count). The SMILES string of the molecule is Cc1ccc2[nH]c3c(c2c1)CCc1c(-c2ccccc2)n[nH]c1-3. The molecule has 3 nitrogen and oxygen atoms in total. The van der Waals surface area contributed by atoms with E-state index in [2.05, 4.69) is 64.6 Å². The van der Waals surface area contributed by atoms with E-state index in [1.54, 1.807) is 0 Å². The number of aryl methyl sites for hydroxylation is 2. The van der Waals surface area contributed by atoms with Crippen LogP contribution in [0.3, 0.4) is 0 Å². The van der Waals surface area contributed by atoms with Gasteiger partial charge in [-0.25, -0.2) is 0 Å². The normalized spacial score (nSPS) is 13.1. The highest BCUT2D eigenvalue weighted by Crippen LogP contribution is 2.39. The maximum absolute atomic E-state index is 4.61. The van der Waals surface area contributed by atoms with E-state index in [-0.39, 0.29) is 0 Å². The van der Waals surface area contributed by atoms with Gasteiger partial charge in [-0.2, -0.15) is 5.10 Å². The second kappa shape index (κ2) is 4.59. The summed E-state index contributed by atoms with van der Waals surface area (Å²) in [5.74, 6) is 0. The third kappa shape index (κ3) is 1.80. The first-order valence-corrected chi connectivity index (χ1v) is 8.05. The third-order valence-corrected chi connectivity index (χ3v) is 4.85. The number of aromatic nitrogens is 3. The number of hydrogen-bond acceptors (Lipinski definition) is 1. The van der Waals surface area contributed by atoms with Gasteiger partial charge in [0.1, 0.15) is 0 Å². The molecular formula is C20H17N3. The molecule has 0 aliphatic heterocycles. The molecular weight excluding hydrogens is 282 g/mol. The van der Waals surface area contributed by atoms with Crippen molar-refractivity contribution < 1.29 is 0 Å². The second-order valence-electron chi connectivity index (χ2n) is 6.32. The molecule has 0 spiro atoms. The summed E-state index contributed by atoms with van der Waals surface area (Å²) in [6, 6.07) is 17.0. The lowest BCUT2D eigenvalue weighted by Crippen LogP contribution is -2.02. The van der Waals surface area contributed by atoms with Crippen molar-refractivity contribution in [3.05, 3.63) is 65.2 Å². The summed E-state index contributed by atoms with van der Waals surface area (Å²) in [6.45, 7) is 2.15. The molecule has 23 heavy (non-hydrogen) atoms. The highest BCUT2D eigenvalue weighted by Gasteiger charge is 2.25. The number of hydrogen-bond donors (Lipinski definition) is 2. The van der Waals surface area contributed by atoms with Gasteiger partial charge in [0.15, 0.2) is 0 Å². The van der Waals surface area contributed by atoms with Crippen LogP contribution in [-0.4, -0.2) is 15.2 Å². The number of rotatable bonds is 1. The molecule has 2 aromatic heterocycles. The average Bonchev–Trinajstić information content (AvgIpc) is 3.16. The Kier molecular flexibility index (Phi) is 2.54. The molecule has 1 aliphatic rings. The van der Waals surface area contributed by atoms with E-state index in [1.165, 1.54) is 38.9 Å². The predicted molar refractivity (Wildman–Crippen MR) is 93.5 cm³/mol. The number of aromatic amines is 2. The Bertz CT molecular complexity index is 1020. The number of fused-ring (bicyclic) bond motifs is 5. The molecule has 2 aromatic carbocycles. The lowest BCUT2D eigenvalue weighted by atomic mass is 9.90. The fourth-order valence-corrected chi connectivity index (χ4v) is 3.73. The monoisotopic (exact) mass is 299 g/mol. The van der Waals surface area contributed by atoms with Crippen molar-refractivity contribution >= 4 is 10.9 Å². The number of H-pyrrole nitrogens is 2. The van der Waals surface area contributed by atoms with Crippen LogP contribution in [0, 0.1) is 6.92 Å². The van der Waals surface area contributed by atoms with Crippen LogP contribution in [0.5, 0.6) is 0 Å². The van der Waals surface area contributed by atoms with Crippen molar-refractivity contribution in [2.45, 2.75) is 19.8 Å². The Hall–Kier alpha value is -2.81. The molecule has 3 heteroatoms. The van der Waals surface area contributed by atoms with Gasteiger partial charge in [-0.1, -0.05) is 42.0 Å². The van der Waals surface area contributed by atoms with Crippen LogP contribution >= 0.6 is 0 Å². The Morgan fingerprint density at radius 3 is 2.61 bits per heavy atom. The molecule has 0 fully saturated rings. The first-order chi connectivity index (χ1) is 11.3. The van der Waals surface area contributed by atoms with Crippen LogP contribution in [0.2, 0.25) is 0 Å². The summed E-state index contributed by atoms with van der Waals surface area (Å²) in [6.07, 6.45) is 2.09. The summed E-state index contributed by atoms with van der Waals surface area (Å²) in [7, 11) is 0. The van der Waals surface area contributed by atoms with Crippen molar-refractivity contribution in [2.24, 2.45) is 0 Å². The molecule has 4 aromatic rings. The summed E-state index contributed by atoms with van der Waals surface area (Å²) in [5.41, 5.74) is 9.89. The lowest BCUT2D eigenvalue weighted by molar-refractivity contribution is 0.948.